The number of benzene rings is 1. The van der Waals surface area contributed by atoms with Crippen molar-refractivity contribution in [3.63, 3.8) is 0 Å². The number of halogens is 1. The fraction of sp³-hybridized carbons (Fsp3) is 0.214. The van der Waals surface area contributed by atoms with Crippen molar-refractivity contribution in [1.82, 2.24) is 0 Å². The van der Waals surface area contributed by atoms with Crippen LogP contribution in [0.25, 0.3) is 0 Å². The van der Waals surface area contributed by atoms with Gasteiger partial charge in [0.2, 0.25) is 0 Å². The van der Waals surface area contributed by atoms with Crippen LogP contribution in [0.4, 0.5) is 11.4 Å². The molecule has 1 aromatic heterocycles. The van der Waals surface area contributed by atoms with Gasteiger partial charge in [0, 0.05) is 17.1 Å². The minimum absolute atomic E-state index is 0.355. The minimum Gasteiger partial charge on any atom is -0.399 e. The van der Waals surface area contributed by atoms with Crippen LogP contribution < -0.4 is 16.4 Å². The Balaban J connectivity index is 2.45. The molecule has 0 bridgehead atoms. The van der Waals surface area contributed by atoms with Crippen LogP contribution in [0.15, 0.2) is 29.6 Å². The number of primary amides is 1. The molecule has 0 unspecified atom stereocenters. The third kappa shape index (κ3) is 3.05. The van der Waals surface area contributed by atoms with Crippen LogP contribution in [0.5, 0.6) is 0 Å². The molecule has 106 valence electrons. The number of carbonyl (C=O) groups is 1. The molecular formula is C14H16ClN3OS. The third-order valence-electron chi connectivity index (χ3n) is 2.98. The second-order valence-electron chi connectivity index (χ2n) is 4.36. The van der Waals surface area contributed by atoms with Crippen LogP contribution in [0.2, 0.25) is 5.02 Å². The third-order valence-corrected chi connectivity index (χ3v) is 4.13. The molecule has 4 N–H and O–H groups in total. The van der Waals surface area contributed by atoms with Gasteiger partial charge in [-0.1, -0.05) is 17.7 Å². The Morgan fingerprint density at radius 1 is 1.45 bits per heavy atom. The topological polar surface area (TPSA) is 72.3 Å². The van der Waals surface area contributed by atoms with E-state index in [1.54, 1.807) is 23.5 Å². The zero-order valence-corrected chi connectivity index (χ0v) is 12.7. The molecule has 1 aromatic carbocycles. The van der Waals surface area contributed by atoms with Crippen molar-refractivity contribution >= 4 is 40.2 Å². The highest BCUT2D eigenvalue weighted by Crippen LogP contribution is 2.33. The summed E-state index contributed by atoms with van der Waals surface area (Å²) in [6, 6.07) is 7.25. The van der Waals surface area contributed by atoms with Crippen LogP contribution in [0.3, 0.4) is 0 Å². The molecule has 20 heavy (non-hydrogen) atoms. The molecule has 6 heteroatoms. The van der Waals surface area contributed by atoms with Crippen molar-refractivity contribution in [2.75, 3.05) is 17.2 Å². The molecule has 0 fully saturated rings. The lowest BCUT2D eigenvalue weighted by atomic mass is 10.1. The van der Waals surface area contributed by atoms with Crippen LogP contribution in [-0.4, -0.2) is 12.5 Å². The van der Waals surface area contributed by atoms with E-state index in [9.17, 15) is 4.79 Å². The first-order valence-corrected chi connectivity index (χ1v) is 7.44. The summed E-state index contributed by atoms with van der Waals surface area (Å²) in [7, 11) is 0. The van der Waals surface area contributed by atoms with E-state index < -0.39 is 5.91 Å². The lowest BCUT2D eigenvalue weighted by Gasteiger charge is -2.26. The van der Waals surface area contributed by atoms with Gasteiger partial charge < -0.3 is 16.4 Å². The molecule has 4 nitrogen and oxygen atoms in total. The van der Waals surface area contributed by atoms with Gasteiger partial charge in [-0.2, -0.15) is 0 Å². The molecule has 1 heterocycles. The average molecular weight is 310 g/mol. The number of amides is 1. The number of nitrogens with zero attached hydrogens (tertiary/aromatic N) is 1. The molecule has 0 atom stereocenters. The molecule has 0 aliphatic heterocycles. The van der Waals surface area contributed by atoms with E-state index >= 15 is 0 Å². The first-order valence-electron chi connectivity index (χ1n) is 6.19. The number of anilines is 2. The number of nitrogen functional groups attached to an aromatic ring is 1. The van der Waals surface area contributed by atoms with Gasteiger partial charge in [-0.05, 0) is 30.5 Å². The SMILES string of the molecule is CCN(Cc1cccs1)c1c(Cl)cc(N)cc1C(N)=O. The lowest BCUT2D eigenvalue weighted by molar-refractivity contribution is 0.100. The molecule has 0 aliphatic carbocycles. The van der Waals surface area contributed by atoms with Crippen molar-refractivity contribution in [3.8, 4) is 0 Å². The van der Waals surface area contributed by atoms with Gasteiger partial charge in [0.1, 0.15) is 0 Å². The zero-order valence-electron chi connectivity index (χ0n) is 11.1. The summed E-state index contributed by atoms with van der Waals surface area (Å²) in [5, 5.41) is 2.46. The summed E-state index contributed by atoms with van der Waals surface area (Å²) in [6.07, 6.45) is 0. The summed E-state index contributed by atoms with van der Waals surface area (Å²) in [6.45, 7) is 3.39. The zero-order chi connectivity index (χ0) is 14.7. The van der Waals surface area contributed by atoms with Gasteiger partial charge >= 0.3 is 0 Å². The fourth-order valence-electron chi connectivity index (χ4n) is 2.07. The van der Waals surface area contributed by atoms with E-state index in [0.717, 1.165) is 0 Å². The van der Waals surface area contributed by atoms with E-state index in [-0.39, 0.29) is 0 Å². The Morgan fingerprint density at radius 2 is 2.20 bits per heavy atom. The Hall–Kier alpha value is -1.72. The Bertz CT molecular complexity index is 613. The van der Waals surface area contributed by atoms with Crippen molar-refractivity contribution in [3.05, 3.63) is 45.1 Å². The number of carbonyl (C=O) groups excluding carboxylic acids is 1. The van der Waals surface area contributed by atoms with Crippen LogP contribution in [0.1, 0.15) is 22.2 Å². The summed E-state index contributed by atoms with van der Waals surface area (Å²) in [5.41, 5.74) is 12.6. The fourth-order valence-corrected chi connectivity index (χ4v) is 3.14. The number of nitrogens with two attached hydrogens (primary N) is 2. The lowest BCUT2D eigenvalue weighted by Crippen LogP contribution is -2.26. The van der Waals surface area contributed by atoms with E-state index in [1.807, 2.05) is 29.3 Å². The highest BCUT2D eigenvalue weighted by atomic mass is 35.5. The van der Waals surface area contributed by atoms with Crippen LogP contribution >= 0.6 is 22.9 Å². The van der Waals surface area contributed by atoms with Crippen LogP contribution in [-0.2, 0) is 6.54 Å². The van der Waals surface area contributed by atoms with E-state index in [0.29, 0.717) is 35.1 Å². The maximum absolute atomic E-state index is 11.6. The van der Waals surface area contributed by atoms with Gasteiger partial charge in [0.25, 0.3) is 5.91 Å². The molecule has 0 spiro atoms. The molecule has 0 saturated carbocycles. The number of hydrogen-bond donors (Lipinski definition) is 2. The second-order valence-corrected chi connectivity index (χ2v) is 5.80. The summed E-state index contributed by atoms with van der Waals surface area (Å²) >= 11 is 7.93. The maximum atomic E-state index is 11.6. The molecule has 0 radical (unpaired) electrons. The van der Waals surface area contributed by atoms with Gasteiger partial charge in [-0.15, -0.1) is 11.3 Å². The van der Waals surface area contributed by atoms with Gasteiger partial charge in [-0.25, -0.2) is 0 Å². The Labute approximate surface area is 126 Å². The molecule has 2 rings (SSSR count). The first kappa shape index (κ1) is 14.7. The highest BCUT2D eigenvalue weighted by Gasteiger charge is 2.19. The minimum atomic E-state index is -0.529. The highest BCUT2D eigenvalue weighted by molar-refractivity contribution is 7.09. The predicted octanol–water partition coefficient (Wildman–Crippen LogP) is 3.11. The predicted molar refractivity (Wildman–Crippen MR) is 85.4 cm³/mol. The molecule has 0 aliphatic rings. The van der Waals surface area contributed by atoms with Crippen molar-refractivity contribution < 1.29 is 4.79 Å². The first-order chi connectivity index (χ1) is 9.52. The molecular weight excluding hydrogens is 294 g/mol. The summed E-state index contributed by atoms with van der Waals surface area (Å²) < 4.78 is 0. The number of hydrogen-bond acceptors (Lipinski definition) is 4. The standard InChI is InChI=1S/C14H16ClN3OS/c1-2-18(8-10-4-3-5-20-10)13-11(14(17)19)6-9(16)7-12(13)15/h3-7H,2,8,16H2,1H3,(H2,17,19). The number of thiophene rings is 1. The summed E-state index contributed by atoms with van der Waals surface area (Å²) in [5.74, 6) is -0.529. The molecule has 1 amide bonds. The Morgan fingerprint density at radius 3 is 2.75 bits per heavy atom. The Kier molecular flexibility index (Phi) is 4.52. The van der Waals surface area contributed by atoms with Crippen LogP contribution in [0, 0.1) is 0 Å². The van der Waals surface area contributed by atoms with Gasteiger partial charge in [0.15, 0.2) is 0 Å². The van der Waals surface area contributed by atoms with Crippen molar-refractivity contribution in [1.29, 1.82) is 0 Å². The summed E-state index contributed by atoms with van der Waals surface area (Å²) in [4.78, 5) is 14.8. The van der Waals surface area contributed by atoms with Crippen molar-refractivity contribution in [2.45, 2.75) is 13.5 Å². The second kappa shape index (κ2) is 6.15. The van der Waals surface area contributed by atoms with Gasteiger partial charge in [-0.3, -0.25) is 4.79 Å². The van der Waals surface area contributed by atoms with E-state index in [2.05, 4.69) is 0 Å². The molecule has 2 aromatic rings. The maximum Gasteiger partial charge on any atom is 0.250 e. The van der Waals surface area contributed by atoms with E-state index in [4.69, 9.17) is 23.1 Å². The monoisotopic (exact) mass is 309 g/mol. The molecule has 0 saturated heterocycles. The van der Waals surface area contributed by atoms with E-state index in [1.165, 1.54) is 4.88 Å². The smallest absolute Gasteiger partial charge is 0.250 e. The normalized spacial score (nSPS) is 10.5. The number of rotatable bonds is 5. The van der Waals surface area contributed by atoms with Crippen molar-refractivity contribution in [2.24, 2.45) is 5.73 Å². The average Bonchev–Trinajstić information content (AvgIpc) is 2.88. The quantitative estimate of drug-likeness (QED) is 0.834. The van der Waals surface area contributed by atoms with Gasteiger partial charge in [0.05, 0.1) is 22.8 Å². The largest absolute Gasteiger partial charge is 0.399 e.